The summed E-state index contributed by atoms with van der Waals surface area (Å²) in [5.74, 6) is 0. The topological polar surface area (TPSA) is 57.0 Å². The Morgan fingerprint density at radius 1 is 1.00 bits per heavy atom. The van der Waals surface area contributed by atoms with Gasteiger partial charge >= 0.3 is 8.80 Å². The third-order valence-corrected chi connectivity index (χ3v) is 6.42. The molecule has 0 atom stereocenters. The Morgan fingerprint density at radius 2 is 1.62 bits per heavy atom. The summed E-state index contributed by atoms with van der Waals surface area (Å²) in [6.07, 6.45) is 0.967. The minimum atomic E-state index is -2.46. The molecule has 120 valence electrons. The number of hydrogen-bond acceptors (Lipinski definition) is 5. The van der Waals surface area contributed by atoms with Crippen LogP contribution in [0.1, 0.15) is 12.0 Å². The number of benzene rings is 1. The van der Waals surface area contributed by atoms with Crippen molar-refractivity contribution in [2.75, 3.05) is 41.0 Å². The van der Waals surface area contributed by atoms with Crippen molar-refractivity contribution in [1.82, 2.24) is 4.90 Å². The molecule has 0 amide bonds. The van der Waals surface area contributed by atoms with E-state index in [2.05, 4.69) is 29.2 Å². The average molecular weight is 312 g/mol. The van der Waals surface area contributed by atoms with Crippen molar-refractivity contribution in [3.63, 3.8) is 0 Å². The van der Waals surface area contributed by atoms with Crippen molar-refractivity contribution in [2.45, 2.75) is 19.0 Å². The number of rotatable bonds is 11. The summed E-state index contributed by atoms with van der Waals surface area (Å²) in [6.45, 7) is 3.42. The first-order valence-corrected chi connectivity index (χ1v) is 9.24. The number of hydrogen-bond donors (Lipinski definition) is 1. The predicted molar refractivity (Wildman–Crippen MR) is 87.0 cm³/mol. The molecule has 0 spiro atoms. The van der Waals surface area contributed by atoms with Gasteiger partial charge in [0, 0.05) is 47.0 Å². The molecule has 0 saturated carbocycles. The fourth-order valence-electron chi connectivity index (χ4n) is 2.37. The second-order valence-electron chi connectivity index (χ2n) is 4.95. The third kappa shape index (κ3) is 6.25. The molecule has 21 heavy (non-hydrogen) atoms. The smallest absolute Gasteiger partial charge is 0.377 e. The van der Waals surface area contributed by atoms with Crippen LogP contribution in [0.2, 0.25) is 6.04 Å². The lowest BCUT2D eigenvalue weighted by molar-refractivity contribution is 0.121. The van der Waals surface area contributed by atoms with Gasteiger partial charge in [0.2, 0.25) is 0 Å². The first-order chi connectivity index (χ1) is 10.2. The molecule has 0 bridgehead atoms. The Balaban J connectivity index is 2.47. The highest BCUT2D eigenvalue weighted by Gasteiger charge is 2.36. The van der Waals surface area contributed by atoms with Gasteiger partial charge in [0.25, 0.3) is 0 Å². The Labute approximate surface area is 129 Å². The molecule has 0 radical (unpaired) electrons. The zero-order valence-electron chi connectivity index (χ0n) is 13.4. The zero-order valence-corrected chi connectivity index (χ0v) is 14.4. The Hall–Kier alpha value is -0.763. The molecule has 1 rings (SSSR count). The van der Waals surface area contributed by atoms with Crippen LogP contribution < -0.4 is 5.73 Å². The summed E-state index contributed by atoms with van der Waals surface area (Å²) >= 11 is 0. The van der Waals surface area contributed by atoms with E-state index in [9.17, 15) is 0 Å². The highest BCUT2D eigenvalue weighted by molar-refractivity contribution is 6.60. The highest BCUT2D eigenvalue weighted by Crippen LogP contribution is 2.16. The van der Waals surface area contributed by atoms with E-state index in [-0.39, 0.29) is 0 Å². The largest absolute Gasteiger partial charge is 0.500 e. The lowest BCUT2D eigenvalue weighted by Crippen LogP contribution is -2.43. The van der Waals surface area contributed by atoms with E-state index in [1.807, 2.05) is 6.07 Å². The monoisotopic (exact) mass is 312 g/mol. The van der Waals surface area contributed by atoms with Gasteiger partial charge in [0.1, 0.15) is 0 Å². The molecule has 0 aliphatic rings. The van der Waals surface area contributed by atoms with E-state index in [1.54, 1.807) is 21.3 Å². The molecule has 0 heterocycles. The second-order valence-corrected chi connectivity index (χ2v) is 8.04. The van der Waals surface area contributed by atoms with Gasteiger partial charge in [-0.2, -0.15) is 0 Å². The SMILES string of the molecule is CO[Si](CCCN(CCN)Cc1ccccc1)(OC)OC. The molecule has 0 aliphatic carbocycles. The summed E-state index contributed by atoms with van der Waals surface area (Å²) in [5, 5.41) is 0. The van der Waals surface area contributed by atoms with Crippen LogP contribution in [0, 0.1) is 0 Å². The first-order valence-electron chi connectivity index (χ1n) is 7.31. The molecule has 1 aromatic carbocycles. The summed E-state index contributed by atoms with van der Waals surface area (Å²) in [5.41, 5.74) is 7.02. The molecule has 0 aliphatic heterocycles. The fourth-order valence-corrected chi connectivity index (χ4v) is 4.07. The van der Waals surface area contributed by atoms with Gasteiger partial charge in [-0.1, -0.05) is 30.3 Å². The van der Waals surface area contributed by atoms with Crippen LogP contribution in [-0.2, 0) is 19.8 Å². The maximum Gasteiger partial charge on any atom is 0.500 e. The van der Waals surface area contributed by atoms with E-state index >= 15 is 0 Å². The second kappa shape index (κ2) is 10.0. The normalized spacial score (nSPS) is 12.0. The van der Waals surface area contributed by atoms with Crippen molar-refractivity contribution in [3.8, 4) is 0 Å². The molecule has 0 unspecified atom stereocenters. The third-order valence-electron chi connectivity index (χ3n) is 3.58. The standard InChI is InChI=1S/C15H28N2O3Si/c1-18-21(19-2,20-3)13-7-11-17(12-10-16)14-15-8-5-4-6-9-15/h4-6,8-9H,7,10-14,16H2,1-3H3. The van der Waals surface area contributed by atoms with Gasteiger partial charge < -0.3 is 19.0 Å². The summed E-state index contributed by atoms with van der Waals surface area (Å²) < 4.78 is 16.3. The summed E-state index contributed by atoms with van der Waals surface area (Å²) in [6, 6.07) is 11.3. The van der Waals surface area contributed by atoms with Crippen LogP contribution in [0.4, 0.5) is 0 Å². The maximum atomic E-state index is 5.71. The van der Waals surface area contributed by atoms with Crippen molar-refractivity contribution in [1.29, 1.82) is 0 Å². The van der Waals surface area contributed by atoms with E-state index in [1.165, 1.54) is 5.56 Å². The van der Waals surface area contributed by atoms with Gasteiger partial charge in [-0.05, 0) is 18.5 Å². The van der Waals surface area contributed by atoms with Crippen molar-refractivity contribution >= 4 is 8.80 Å². The van der Waals surface area contributed by atoms with E-state index < -0.39 is 8.80 Å². The summed E-state index contributed by atoms with van der Waals surface area (Å²) in [4.78, 5) is 2.36. The molecule has 6 heteroatoms. The van der Waals surface area contributed by atoms with Crippen LogP contribution in [0.15, 0.2) is 30.3 Å². The van der Waals surface area contributed by atoms with E-state index in [0.29, 0.717) is 6.54 Å². The van der Waals surface area contributed by atoms with Gasteiger partial charge in [0.15, 0.2) is 0 Å². The fraction of sp³-hybridized carbons (Fsp3) is 0.600. The molecule has 5 nitrogen and oxygen atoms in total. The van der Waals surface area contributed by atoms with Gasteiger partial charge in [-0.25, -0.2) is 0 Å². The predicted octanol–water partition coefficient (Wildman–Crippen LogP) is 1.72. The molecule has 0 aromatic heterocycles. The van der Waals surface area contributed by atoms with Crippen LogP contribution in [-0.4, -0.2) is 54.7 Å². The van der Waals surface area contributed by atoms with Crippen molar-refractivity contribution in [3.05, 3.63) is 35.9 Å². The van der Waals surface area contributed by atoms with Crippen LogP contribution in [0.3, 0.4) is 0 Å². The molecule has 2 N–H and O–H groups in total. The average Bonchev–Trinajstić information content (AvgIpc) is 2.53. The molecule has 0 saturated heterocycles. The molecule has 1 aromatic rings. The van der Waals surface area contributed by atoms with Gasteiger partial charge in [-0.3, -0.25) is 4.90 Å². The minimum Gasteiger partial charge on any atom is -0.377 e. The van der Waals surface area contributed by atoms with Crippen molar-refractivity contribution < 1.29 is 13.3 Å². The minimum absolute atomic E-state index is 0.661. The lowest BCUT2D eigenvalue weighted by Gasteiger charge is -2.26. The van der Waals surface area contributed by atoms with Gasteiger partial charge in [-0.15, -0.1) is 0 Å². The number of nitrogens with zero attached hydrogens (tertiary/aromatic N) is 1. The Bertz CT molecular complexity index is 366. The number of nitrogens with two attached hydrogens (primary N) is 1. The molecule has 0 fully saturated rings. The van der Waals surface area contributed by atoms with Crippen LogP contribution in [0.5, 0.6) is 0 Å². The molecular weight excluding hydrogens is 284 g/mol. The Kier molecular flexibility index (Phi) is 8.75. The maximum absolute atomic E-state index is 5.71. The highest BCUT2D eigenvalue weighted by atomic mass is 28.4. The summed E-state index contributed by atoms with van der Waals surface area (Å²) in [7, 11) is 2.50. The van der Waals surface area contributed by atoms with E-state index in [4.69, 9.17) is 19.0 Å². The lowest BCUT2D eigenvalue weighted by atomic mass is 10.2. The molecular formula is C15H28N2O3Si. The zero-order chi connectivity index (χ0) is 15.6. The van der Waals surface area contributed by atoms with Crippen LogP contribution >= 0.6 is 0 Å². The first kappa shape index (κ1) is 18.3. The van der Waals surface area contributed by atoms with Gasteiger partial charge in [0.05, 0.1) is 0 Å². The van der Waals surface area contributed by atoms with Crippen LogP contribution in [0.25, 0.3) is 0 Å². The quantitative estimate of drug-likeness (QED) is 0.631. The Morgan fingerprint density at radius 3 is 2.14 bits per heavy atom. The van der Waals surface area contributed by atoms with Crippen molar-refractivity contribution in [2.24, 2.45) is 5.73 Å². The van der Waals surface area contributed by atoms with E-state index in [0.717, 1.165) is 32.1 Å².